The van der Waals surface area contributed by atoms with Gasteiger partial charge in [0.25, 0.3) is 0 Å². The smallest absolute Gasteiger partial charge is 0.247 e. The van der Waals surface area contributed by atoms with Gasteiger partial charge in [-0.25, -0.2) is 9.67 Å². The van der Waals surface area contributed by atoms with Crippen molar-refractivity contribution in [3.8, 4) is 5.75 Å². The van der Waals surface area contributed by atoms with Crippen molar-refractivity contribution in [2.24, 2.45) is 0 Å². The summed E-state index contributed by atoms with van der Waals surface area (Å²) < 4.78 is 7.05. The van der Waals surface area contributed by atoms with Crippen LogP contribution in [0.2, 0.25) is 0 Å². The molecule has 0 bridgehead atoms. The Bertz CT molecular complexity index is 658. The molecule has 0 saturated carbocycles. The van der Waals surface area contributed by atoms with E-state index in [1.165, 1.54) is 6.33 Å². The van der Waals surface area contributed by atoms with Crippen molar-refractivity contribution < 1.29 is 9.53 Å². The first-order valence-corrected chi connectivity index (χ1v) is 7.70. The zero-order valence-corrected chi connectivity index (χ0v) is 13.3. The van der Waals surface area contributed by atoms with E-state index in [-0.39, 0.29) is 18.0 Å². The molecule has 1 aromatic heterocycles. The minimum absolute atomic E-state index is 0.0351. The molecule has 2 aromatic rings. The van der Waals surface area contributed by atoms with Gasteiger partial charge in [-0.05, 0) is 13.0 Å². The average Bonchev–Trinajstić information content (AvgIpc) is 3.15. The standard InChI is InChI=1S/C16H21N5O2/c1-12(21-11-18-10-19-21)16(22)20-8-7-17-9-14(20)13-5-3-4-6-15(13)23-2/h3-6,10-12,14,17H,7-9H2,1-2H3. The van der Waals surface area contributed by atoms with Gasteiger partial charge < -0.3 is 15.0 Å². The minimum atomic E-state index is -0.382. The molecule has 2 heterocycles. The summed E-state index contributed by atoms with van der Waals surface area (Å²) in [6.07, 6.45) is 3.02. The second kappa shape index (κ2) is 6.78. The number of nitrogens with zero attached hydrogens (tertiary/aromatic N) is 4. The third kappa shape index (κ3) is 3.05. The molecule has 0 radical (unpaired) electrons. The molecule has 7 nitrogen and oxygen atoms in total. The summed E-state index contributed by atoms with van der Waals surface area (Å²) >= 11 is 0. The Labute approximate surface area is 135 Å². The number of methoxy groups -OCH3 is 1. The number of para-hydroxylation sites is 1. The first-order valence-electron chi connectivity index (χ1n) is 7.70. The van der Waals surface area contributed by atoms with Crippen molar-refractivity contribution in [3.63, 3.8) is 0 Å². The minimum Gasteiger partial charge on any atom is -0.496 e. The maximum atomic E-state index is 12.9. The zero-order valence-electron chi connectivity index (χ0n) is 13.3. The number of nitrogens with one attached hydrogen (secondary N) is 1. The van der Waals surface area contributed by atoms with Crippen LogP contribution in [0.25, 0.3) is 0 Å². The number of piperazine rings is 1. The van der Waals surface area contributed by atoms with Gasteiger partial charge in [0.2, 0.25) is 5.91 Å². The lowest BCUT2D eigenvalue weighted by Crippen LogP contribution is -2.50. The van der Waals surface area contributed by atoms with Crippen molar-refractivity contribution >= 4 is 5.91 Å². The maximum Gasteiger partial charge on any atom is 0.247 e. The third-order valence-corrected chi connectivity index (χ3v) is 4.22. The lowest BCUT2D eigenvalue weighted by Gasteiger charge is -2.38. The highest BCUT2D eigenvalue weighted by atomic mass is 16.5. The zero-order chi connectivity index (χ0) is 16.2. The molecule has 122 valence electrons. The van der Waals surface area contributed by atoms with Gasteiger partial charge in [-0.2, -0.15) is 5.10 Å². The molecule has 1 N–H and O–H groups in total. The van der Waals surface area contributed by atoms with Crippen molar-refractivity contribution in [1.29, 1.82) is 0 Å². The second-order valence-electron chi connectivity index (χ2n) is 5.54. The predicted octanol–water partition coefficient (Wildman–Crippen LogP) is 1.02. The Morgan fingerprint density at radius 2 is 2.26 bits per heavy atom. The van der Waals surface area contributed by atoms with Crippen LogP contribution in [0, 0.1) is 0 Å². The van der Waals surface area contributed by atoms with Crippen LogP contribution in [0.15, 0.2) is 36.9 Å². The monoisotopic (exact) mass is 315 g/mol. The van der Waals surface area contributed by atoms with E-state index in [2.05, 4.69) is 15.4 Å². The number of hydrogen-bond donors (Lipinski definition) is 1. The highest BCUT2D eigenvalue weighted by molar-refractivity contribution is 5.80. The summed E-state index contributed by atoms with van der Waals surface area (Å²) in [6.45, 7) is 3.98. The second-order valence-corrected chi connectivity index (χ2v) is 5.54. The van der Waals surface area contributed by atoms with E-state index < -0.39 is 0 Å². The summed E-state index contributed by atoms with van der Waals surface area (Å²) in [5.41, 5.74) is 1.02. The molecule has 1 amide bonds. The lowest BCUT2D eigenvalue weighted by molar-refractivity contribution is -0.138. The largest absolute Gasteiger partial charge is 0.496 e. The number of rotatable bonds is 4. The molecule has 1 fully saturated rings. The van der Waals surface area contributed by atoms with E-state index in [1.54, 1.807) is 18.1 Å². The van der Waals surface area contributed by atoms with Crippen LogP contribution in [0.1, 0.15) is 24.6 Å². The van der Waals surface area contributed by atoms with Gasteiger partial charge in [0, 0.05) is 25.2 Å². The molecule has 1 saturated heterocycles. The first-order chi connectivity index (χ1) is 11.2. The fourth-order valence-electron chi connectivity index (χ4n) is 2.96. The summed E-state index contributed by atoms with van der Waals surface area (Å²) in [5, 5.41) is 7.44. The molecule has 1 aliphatic heterocycles. The number of ether oxygens (including phenoxy) is 1. The van der Waals surface area contributed by atoms with Crippen LogP contribution in [0.4, 0.5) is 0 Å². The van der Waals surface area contributed by atoms with Gasteiger partial charge in [0.05, 0.1) is 13.2 Å². The quantitative estimate of drug-likeness (QED) is 0.912. The van der Waals surface area contributed by atoms with Crippen LogP contribution >= 0.6 is 0 Å². The Kier molecular flexibility index (Phi) is 4.57. The van der Waals surface area contributed by atoms with Crippen molar-refractivity contribution in [1.82, 2.24) is 25.0 Å². The molecule has 1 aromatic carbocycles. The molecule has 2 atom stereocenters. The van der Waals surface area contributed by atoms with E-state index in [0.29, 0.717) is 13.1 Å². The topological polar surface area (TPSA) is 72.3 Å². The third-order valence-electron chi connectivity index (χ3n) is 4.22. The molecule has 1 aliphatic rings. The van der Waals surface area contributed by atoms with Crippen LogP contribution < -0.4 is 10.1 Å². The van der Waals surface area contributed by atoms with E-state index in [0.717, 1.165) is 17.9 Å². The number of amides is 1. The summed E-state index contributed by atoms with van der Waals surface area (Å²) in [4.78, 5) is 18.8. The summed E-state index contributed by atoms with van der Waals surface area (Å²) in [5.74, 6) is 0.834. The van der Waals surface area contributed by atoms with Crippen LogP contribution in [-0.2, 0) is 4.79 Å². The fourth-order valence-corrected chi connectivity index (χ4v) is 2.96. The van der Waals surface area contributed by atoms with Crippen LogP contribution in [0.5, 0.6) is 5.75 Å². The Morgan fingerprint density at radius 3 is 3.00 bits per heavy atom. The lowest BCUT2D eigenvalue weighted by atomic mass is 10.0. The number of carbonyl (C=O) groups is 1. The van der Waals surface area contributed by atoms with E-state index in [4.69, 9.17) is 4.74 Å². The van der Waals surface area contributed by atoms with Gasteiger partial charge in [-0.1, -0.05) is 18.2 Å². The number of carbonyl (C=O) groups excluding carboxylic acids is 1. The molecule has 0 spiro atoms. The molecular formula is C16H21N5O2. The van der Waals surface area contributed by atoms with Gasteiger partial charge in [-0.15, -0.1) is 0 Å². The number of hydrogen-bond acceptors (Lipinski definition) is 5. The molecule has 23 heavy (non-hydrogen) atoms. The maximum absolute atomic E-state index is 12.9. The van der Waals surface area contributed by atoms with E-state index in [1.807, 2.05) is 36.1 Å². The summed E-state index contributed by atoms with van der Waals surface area (Å²) in [7, 11) is 1.65. The Morgan fingerprint density at radius 1 is 1.43 bits per heavy atom. The first kappa shape index (κ1) is 15.5. The normalized spacial score (nSPS) is 19.4. The fraction of sp³-hybridized carbons (Fsp3) is 0.438. The highest BCUT2D eigenvalue weighted by Gasteiger charge is 2.32. The van der Waals surface area contributed by atoms with Gasteiger partial charge >= 0.3 is 0 Å². The van der Waals surface area contributed by atoms with Gasteiger partial charge in [0.1, 0.15) is 24.4 Å². The Balaban J connectivity index is 1.88. The molecule has 7 heteroatoms. The van der Waals surface area contributed by atoms with Crippen molar-refractivity contribution in [2.45, 2.75) is 19.0 Å². The summed E-state index contributed by atoms with van der Waals surface area (Å²) in [6, 6.07) is 7.40. The molecule has 3 rings (SSSR count). The van der Waals surface area contributed by atoms with Crippen molar-refractivity contribution in [3.05, 3.63) is 42.5 Å². The molecule has 2 unspecified atom stereocenters. The molecule has 0 aliphatic carbocycles. The van der Waals surface area contributed by atoms with E-state index >= 15 is 0 Å². The highest BCUT2D eigenvalue weighted by Crippen LogP contribution is 2.31. The SMILES string of the molecule is COc1ccccc1C1CNCCN1C(=O)C(C)n1cncn1. The number of aromatic nitrogens is 3. The predicted molar refractivity (Wildman–Crippen MR) is 85.1 cm³/mol. The number of benzene rings is 1. The van der Waals surface area contributed by atoms with Gasteiger partial charge in [0.15, 0.2) is 0 Å². The van der Waals surface area contributed by atoms with Gasteiger partial charge in [-0.3, -0.25) is 4.79 Å². The van der Waals surface area contributed by atoms with Crippen molar-refractivity contribution in [2.75, 3.05) is 26.7 Å². The Hall–Kier alpha value is -2.41. The van der Waals surface area contributed by atoms with Crippen LogP contribution in [0.3, 0.4) is 0 Å². The van der Waals surface area contributed by atoms with E-state index in [9.17, 15) is 4.79 Å². The average molecular weight is 315 g/mol. The van der Waals surface area contributed by atoms with Crippen LogP contribution in [-0.4, -0.2) is 52.3 Å². The molecular weight excluding hydrogens is 294 g/mol.